The van der Waals surface area contributed by atoms with Crippen LogP contribution < -0.4 is 15.0 Å². The molecule has 1 saturated heterocycles. The first-order chi connectivity index (χ1) is 8.44. The van der Waals surface area contributed by atoms with Crippen LogP contribution in [-0.4, -0.2) is 24.6 Å². The summed E-state index contributed by atoms with van der Waals surface area (Å²) < 4.78 is 5.17. The maximum Gasteiger partial charge on any atom is 0.329 e. The predicted octanol–water partition coefficient (Wildman–Crippen LogP) is 1.92. The second-order valence-corrected chi connectivity index (χ2v) is 4.89. The number of para-hydroxylation sites is 2. The smallest absolute Gasteiger partial charge is 0.329 e. The number of nitrogens with one attached hydrogen (secondary N) is 1. The molecule has 1 aromatic rings. The van der Waals surface area contributed by atoms with Crippen LogP contribution in [0.5, 0.6) is 5.75 Å². The van der Waals surface area contributed by atoms with E-state index in [1.165, 1.54) is 7.11 Å². The Balaban J connectivity index is 2.39. The maximum atomic E-state index is 12.1. The summed E-state index contributed by atoms with van der Waals surface area (Å²) in [5, 5.41) is 2.80. The Hall–Kier alpha value is -2.04. The van der Waals surface area contributed by atoms with E-state index in [0.29, 0.717) is 11.4 Å². The van der Waals surface area contributed by atoms with Gasteiger partial charge >= 0.3 is 6.03 Å². The van der Waals surface area contributed by atoms with E-state index in [1.807, 2.05) is 13.8 Å². The van der Waals surface area contributed by atoms with E-state index in [4.69, 9.17) is 4.74 Å². The van der Waals surface area contributed by atoms with Gasteiger partial charge in [0.1, 0.15) is 5.75 Å². The number of imide groups is 1. The summed E-state index contributed by atoms with van der Waals surface area (Å²) in [7, 11) is 1.51. The Morgan fingerprint density at radius 3 is 2.56 bits per heavy atom. The first-order valence-corrected chi connectivity index (χ1v) is 5.73. The minimum atomic E-state index is -0.507. The molecule has 1 aliphatic heterocycles. The highest BCUT2D eigenvalue weighted by Gasteiger charge is 2.38. The van der Waals surface area contributed by atoms with Crippen LogP contribution in [0.25, 0.3) is 0 Å². The fraction of sp³-hybridized carbons (Fsp3) is 0.385. The number of benzene rings is 1. The standard InChI is InChI=1S/C13H16N2O3/c1-13(2)8-11(16)15(12(17)14-13)9-6-4-5-7-10(9)18-3/h4-7H,8H2,1-3H3,(H,14,17). The van der Waals surface area contributed by atoms with Crippen LogP contribution in [0, 0.1) is 0 Å². The molecule has 96 valence electrons. The highest BCUT2D eigenvalue weighted by molar-refractivity contribution is 6.17. The highest BCUT2D eigenvalue weighted by atomic mass is 16.5. The van der Waals surface area contributed by atoms with Crippen molar-refractivity contribution >= 4 is 17.6 Å². The second-order valence-electron chi connectivity index (χ2n) is 4.89. The monoisotopic (exact) mass is 248 g/mol. The summed E-state index contributed by atoms with van der Waals surface area (Å²) in [4.78, 5) is 25.3. The van der Waals surface area contributed by atoms with Crippen LogP contribution in [0.2, 0.25) is 0 Å². The Labute approximate surface area is 106 Å². The van der Waals surface area contributed by atoms with E-state index in [0.717, 1.165) is 4.90 Å². The van der Waals surface area contributed by atoms with Crippen LogP contribution in [-0.2, 0) is 4.79 Å². The molecule has 0 spiro atoms. The van der Waals surface area contributed by atoms with E-state index >= 15 is 0 Å². The Morgan fingerprint density at radius 2 is 1.94 bits per heavy atom. The van der Waals surface area contributed by atoms with Crippen molar-refractivity contribution in [1.82, 2.24) is 5.32 Å². The number of anilines is 1. The van der Waals surface area contributed by atoms with Crippen LogP contribution in [0.1, 0.15) is 20.3 Å². The van der Waals surface area contributed by atoms with Crippen LogP contribution in [0.3, 0.4) is 0 Å². The molecular formula is C13H16N2O3. The number of methoxy groups -OCH3 is 1. The van der Waals surface area contributed by atoms with E-state index in [1.54, 1.807) is 24.3 Å². The molecule has 0 aliphatic carbocycles. The van der Waals surface area contributed by atoms with Crippen LogP contribution >= 0.6 is 0 Å². The Bertz CT molecular complexity index is 477. The number of nitrogens with zero attached hydrogens (tertiary/aromatic N) is 1. The summed E-state index contributed by atoms with van der Waals surface area (Å²) in [6.45, 7) is 3.64. The maximum absolute atomic E-state index is 12.1. The zero-order valence-corrected chi connectivity index (χ0v) is 10.7. The molecular weight excluding hydrogens is 232 g/mol. The van der Waals surface area contributed by atoms with Crippen molar-refractivity contribution in [3.8, 4) is 5.75 Å². The zero-order valence-electron chi connectivity index (χ0n) is 10.7. The number of carbonyl (C=O) groups excluding carboxylic acids is 2. The van der Waals surface area contributed by atoms with E-state index in [2.05, 4.69) is 5.32 Å². The SMILES string of the molecule is COc1ccccc1N1C(=O)CC(C)(C)NC1=O. The van der Waals surface area contributed by atoms with Gasteiger partial charge in [0.2, 0.25) is 5.91 Å². The summed E-state index contributed by atoms with van der Waals surface area (Å²) in [5.41, 5.74) is -0.0369. The van der Waals surface area contributed by atoms with Crippen molar-refractivity contribution in [2.75, 3.05) is 12.0 Å². The van der Waals surface area contributed by atoms with Gasteiger partial charge in [-0.2, -0.15) is 0 Å². The molecule has 0 saturated carbocycles. The number of rotatable bonds is 2. The number of hydrogen-bond donors (Lipinski definition) is 1. The van der Waals surface area contributed by atoms with Gasteiger partial charge in [0.25, 0.3) is 0 Å². The van der Waals surface area contributed by atoms with Gasteiger partial charge < -0.3 is 10.1 Å². The Kier molecular flexibility index (Phi) is 2.98. The van der Waals surface area contributed by atoms with Crippen molar-refractivity contribution in [2.24, 2.45) is 0 Å². The van der Waals surface area contributed by atoms with Crippen LogP contribution in [0.15, 0.2) is 24.3 Å². The fourth-order valence-electron chi connectivity index (χ4n) is 2.02. The van der Waals surface area contributed by atoms with Gasteiger partial charge in [-0.25, -0.2) is 9.69 Å². The predicted molar refractivity (Wildman–Crippen MR) is 67.7 cm³/mol. The number of ether oxygens (including phenoxy) is 1. The van der Waals surface area contributed by atoms with Crippen molar-refractivity contribution < 1.29 is 14.3 Å². The second kappa shape index (κ2) is 4.33. The van der Waals surface area contributed by atoms with Crippen LogP contribution in [0.4, 0.5) is 10.5 Å². The zero-order chi connectivity index (χ0) is 13.3. The van der Waals surface area contributed by atoms with Gasteiger partial charge in [0.15, 0.2) is 0 Å². The molecule has 1 aromatic carbocycles. The molecule has 5 heteroatoms. The molecule has 1 heterocycles. The average Bonchev–Trinajstić information content (AvgIpc) is 2.27. The topological polar surface area (TPSA) is 58.6 Å². The summed E-state index contributed by atoms with van der Waals surface area (Å²) in [6, 6.07) is 6.54. The number of hydrogen-bond acceptors (Lipinski definition) is 3. The summed E-state index contributed by atoms with van der Waals surface area (Å²) in [6.07, 6.45) is 0.261. The van der Waals surface area contributed by atoms with Gasteiger partial charge in [-0.3, -0.25) is 4.79 Å². The minimum absolute atomic E-state index is 0.228. The third-order valence-electron chi connectivity index (χ3n) is 2.82. The van der Waals surface area contributed by atoms with Crippen molar-refractivity contribution in [2.45, 2.75) is 25.8 Å². The van der Waals surface area contributed by atoms with Crippen molar-refractivity contribution in [3.05, 3.63) is 24.3 Å². The molecule has 2 rings (SSSR count). The third kappa shape index (κ3) is 2.16. The largest absolute Gasteiger partial charge is 0.495 e. The molecule has 3 amide bonds. The fourth-order valence-corrected chi connectivity index (χ4v) is 2.02. The lowest BCUT2D eigenvalue weighted by molar-refractivity contribution is -0.119. The lowest BCUT2D eigenvalue weighted by Crippen LogP contribution is -2.59. The molecule has 0 bridgehead atoms. The van der Waals surface area contributed by atoms with Gasteiger partial charge in [-0.05, 0) is 26.0 Å². The number of amides is 3. The molecule has 1 aliphatic rings. The molecule has 18 heavy (non-hydrogen) atoms. The molecule has 0 atom stereocenters. The molecule has 0 radical (unpaired) electrons. The average molecular weight is 248 g/mol. The summed E-state index contributed by atoms with van der Waals surface area (Å²) >= 11 is 0. The lowest BCUT2D eigenvalue weighted by Gasteiger charge is -2.36. The van der Waals surface area contributed by atoms with Gasteiger partial charge in [-0.15, -0.1) is 0 Å². The first-order valence-electron chi connectivity index (χ1n) is 5.73. The lowest BCUT2D eigenvalue weighted by atomic mass is 9.97. The number of urea groups is 1. The van der Waals surface area contributed by atoms with Crippen molar-refractivity contribution in [3.63, 3.8) is 0 Å². The van der Waals surface area contributed by atoms with E-state index in [9.17, 15) is 9.59 Å². The van der Waals surface area contributed by atoms with Gasteiger partial charge in [-0.1, -0.05) is 12.1 Å². The van der Waals surface area contributed by atoms with E-state index in [-0.39, 0.29) is 12.3 Å². The van der Waals surface area contributed by atoms with Gasteiger partial charge in [0, 0.05) is 5.54 Å². The third-order valence-corrected chi connectivity index (χ3v) is 2.82. The normalized spacial score (nSPS) is 18.5. The molecule has 1 N–H and O–H groups in total. The quantitative estimate of drug-likeness (QED) is 0.869. The van der Waals surface area contributed by atoms with Gasteiger partial charge in [0.05, 0.1) is 19.2 Å². The molecule has 0 aromatic heterocycles. The minimum Gasteiger partial charge on any atom is -0.495 e. The molecule has 5 nitrogen and oxygen atoms in total. The molecule has 1 fully saturated rings. The first kappa shape index (κ1) is 12.4. The Morgan fingerprint density at radius 1 is 1.28 bits per heavy atom. The highest BCUT2D eigenvalue weighted by Crippen LogP contribution is 2.31. The molecule has 0 unspecified atom stereocenters. The summed E-state index contributed by atoms with van der Waals surface area (Å²) in [5.74, 6) is 0.272. The number of carbonyl (C=O) groups is 2. The van der Waals surface area contributed by atoms with Crippen molar-refractivity contribution in [1.29, 1.82) is 0 Å². The van der Waals surface area contributed by atoms with E-state index < -0.39 is 11.6 Å².